The molecule has 0 spiro atoms. The normalized spacial score (nSPS) is 18.8. The maximum absolute atomic E-state index is 13.3. The highest BCUT2D eigenvalue weighted by Gasteiger charge is 2.45. The number of likely N-dealkylation sites (tertiary alicyclic amines) is 1. The van der Waals surface area contributed by atoms with Crippen LogP contribution in [0, 0.1) is 11.3 Å². The van der Waals surface area contributed by atoms with Crippen molar-refractivity contribution in [1.82, 2.24) is 4.90 Å². The van der Waals surface area contributed by atoms with Crippen LogP contribution in [-0.4, -0.2) is 22.6 Å². The smallest absolute Gasteiger partial charge is 0.237 e. The second-order valence-corrected chi connectivity index (χ2v) is 9.80. The van der Waals surface area contributed by atoms with E-state index in [-0.39, 0.29) is 17.7 Å². The van der Waals surface area contributed by atoms with Gasteiger partial charge in [0.2, 0.25) is 5.91 Å². The van der Waals surface area contributed by atoms with E-state index in [2.05, 4.69) is 36.4 Å². The molecule has 3 heteroatoms. The van der Waals surface area contributed by atoms with Gasteiger partial charge in [-0.2, -0.15) is 0 Å². The van der Waals surface area contributed by atoms with Gasteiger partial charge in [0.15, 0.2) is 5.78 Å². The Morgan fingerprint density at radius 1 is 0.879 bits per heavy atom. The van der Waals surface area contributed by atoms with Crippen LogP contribution in [0.1, 0.15) is 38.3 Å². The van der Waals surface area contributed by atoms with Crippen LogP contribution in [0.2, 0.25) is 0 Å². The molecule has 2 unspecified atom stereocenters. The molecule has 33 heavy (non-hydrogen) atoms. The molecule has 2 atom stereocenters. The summed E-state index contributed by atoms with van der Waals surface area (Å²) in [6, 6.07) is 28.7. The summed E-state index contributed by atoms with van der Waals surface area (Å²) in [4.78, 5) is 28.1. The van der Waals surface area contributed by atoms with E-state index in [1.54, 1.807) is 4.90 Å². The van der Waals surface area contributed by atoms with Gasteiger partial charge < -0.3 is 4.90 Å². The third kappa shape index (κ3) is 5.31. The maximum atomic E-state index is 13.3. The molecule has 3 nitrogen and oxygen atoms in total. The molecule has 1 aliphatic heterocycles. The van der Waals surface area contributed by atoms with Gasteiger partial charge in [0.1, 0.15) is 0 Å². The standard InChI is InChI=1S/C30H31NO2/c1-30(2,3)28(32)27-21-26(31(29(27)33)19-18-22-10-6-4-7-11-22)20-23-14-16-25(17-15-23)24-12-8-5-9-13-24/h4-19,26-27H,20-21H2,1-3H3. The van der Waals surface area contributed by atoms with Crippen molar-refractivity contribution in [2.75, 3.05) is 0 Å². The largest absolute Gasteiger partial charge is 0.315 e. The van der Waals surface area contributed by atoms with Crippen LogP contribution in [0.3, 0.4) is 0 Å². The summed E-state index contributed by atoms with van der Waals surface area (Å²) in [7, 11) is 0. The lowest BCUT2D eigenvalue weighted by Gasteiger charge is -2.21. The van der Waals surface area contributed by atoms with E-state index in [0.29, 0.717) is 12.8 Å². The molecule has 1 fully saturated rings. The Bertz CT molecular complexity index is 1130. The summed E-state index contributed by atoms with van der Waals surface area (Å²) in [6.07, 6.45) is 5.08. The number of carbonyl (C=O) groups excluding carboxylic acids is 2. The predicted molar refractivity (Wildman–Crippen MR) is 134 cm³/mol. The minimum atomic E-state index is -0.584. The summed E-state index contributed by atoms with van der Waals surface area (Å²) >= 11 is 0. The fourth-order valence-corrected chi connectivity index (χ4v) is 4.43. The zero-order valence-corrected chi connectivity index (χ0v) is 19.6. The molecular weight excluding hydrogens is 406 g/mol. The molecule has 4 rings (SSSR count). The first-order valence-electron chi connectivity index (χ1n) is 11.6. The van der Waals surface area contributed by atoms with Crippen molar-refractivity contribution in [2.45, 2.75) is 39.7 Å². The first-order chi connectivity index (χ1) is 15.8. The molecule has 0 aromatic heterocycles. The number of benzene rings is 3. The second-order valence-electron chi connectivity index (χ2n) is 9.80. The molecule has 168 valence electrons. The third-order valence-corrected chi connectivity index (χ3v) is 6.27. The monoisotopic (exact) mass is 437 g/mol. The van der Waals surface area contributed by atoms with Crippen molar-refractivity contribution in [3.05, 3.63) is 102 Å². The SMILES string of the molecule is CC(C)(C)C(=O)C1CC(Cc2ccc(-c3ccccc3)cc2)N(C=Cc2ccccc2)C1=O. The average Bonchev–Trinajstić information content (AvgIpc) is 3.13. The van der Waals surface area contributed by atoms with Crippen LogP contribution in [0.15, 0.2) is 91.1 Å². The molecule has 0 N–H and O–H groups in total. The van der Waals surface area contributed by atoms with Crippen LogP contribution in [0.4, 0.5) is 0 Å². The highest BCUT2D eigenvalue weighted by Crippen LogP contribution is 2.34. The highest BCUT2D eigenvalue weighted by molar-refractivity contribution is 6.05. The zero-order valence-electron chi connectivity index (χ0n) is 19.6. The number of ketones is 1. The van der Waals surface area contributed by atoms with E-state index in [1.165, 1.54) is 11.1 Å². The van der Waals surface area contributed by atoms with Gasteiger partial charge in [0, 0.05) is 17.7 Å². The summed E-state index contributed by atoms with van der Waals surface area (Å²) in [6.45, 7) is 5.67. The van der Waals surface area contributed by atoms with E-state index in [1.807, 2.05) is 81.6 Å². The van der Waals surface area contributed by atoms with Crippen molar-refractivity contribution < 1.29 is 9.59 Å². The van der Waals surface area contributed by atoms with Crippen LogP contribution in [0.25, 0.3) is 17.2 Å². The fourth-order valence-electron chi connectivity index (χ4n) is 4.43. The summed E-state index contributed by atoms with van der Waals surface area (Å²) in [5.74, 6) is -0.653. The Morgan fingerprint density at radius 2 is 1.45 bits per heavy atom. The highest BCUT2D eigenvalue weighted by atomic mass is 16.2. The molecule has 1 amide bonds. The minimum absolute atomic E-state index is 0.0209. The number of hydrogen-bond acceptors (Lipinski definition) is 2. The molecule has 0 radical (unpaired) electrons. The molecule has 0 bridgehead atoms. The van der Waals surface area contributed by atoms with Crippen LogP contribution < -0.4 is 0 Å². The molecule has 3 aromatic carbocycles. The molecule has 0 saturated carbocycles. The van der Waals surface area contributed by atoms with Gasteiger partial charge >= 0.3 is 0 Å². The molecule has 1 aliphatic rings. The van der Waals surface area contributed by atoms with Gasteiger partial charge in [-0.25, -0.2) is 0 Å². The van der Waals surface area contributed by atoms with Gasteiger partial charge in [0.05, 0.1) is 5.92 Å². The number of nitrogens with zero attached hydrogens (tertiary/aromatic N) is 1. The molecular formula is C30H31NO2. The lowest BCUT2D eigenvalue weighted by Crippen LogP contribution is -2.34. The maximum Gasteiger partial charge on any atom is 0.237 e. The summed E-state index contributed by atoms with van der Waals surface area (Å²) < 4.78 is 0. The number of Topliss-reactive ketones (excluding diaryl/α,β-unsaturated/α-hetero) is 1. The van der Waals surface area contributed by atoms with E-state index in [9.17, 15) is 9.59 Å². The summed E-state index contributed by atoms with van der Waals surface area (Å²) in [5.41, 5.74) is 4.00. The van der Waals surface area contributed by atoms with Gasteiger partial charge in [0.25, 0.3) is 0 Å². The van der Waals surface area contributed by atoms with Crippen molar-refractivity contribution in [3.63, 3.8) is 0 Å². The average molecular weight is 438 g/mol. The predicted octanol–water partition coefficient (Wildman–Crippen LogP) is 6.40. The molecule has 0 aliphatic carbocycles. The van der Waals surface area contributed by atoms with E-state index in [4.69, 9.17) is 0 Å². The van der Waals surface area contributed by atoms with Gasteiger partial charge in [-0.15, -0.1) is 0 Å². The Labute approximate surface area is 196 Å². The topological polar surface area (TPSA) is 37.4 Å². The van der Waals surface area contributed by atoms with Crippen LogP contribution in [0.5, 0.6) is 0 Å². The van der Waals surface area contributed by atoms with Crippen molar-refractivity contribution in [1.29, 1.82) is 0 Å². The minimum Gasteiger partial charge on any atom is -0.315 e. The van der Waals surface area contributed by atoms with Crippen LogP contribution in [-0.2, 0) is 16.0 Å². The van der Waals surface area contributed by atoms with Crippen molar-refractivity contribution in [2.24, 2.45) is 11.3 Å². The lowest BCUT2D eigenvalue weighted by molar-refractivity contribution is -0.139. The Morgan fingerprint density at radius 3 is 2.06 bits per heavy atom. The fraction of sp³-hybridized carbons (Fsp3) is 0.267. The Hall–Kier alpha value is -3.46. The first-order valence-corrected chi connectivity index (χ1v) is 11.6. The Balaban J connectivity index is 1.57. The third-order valence-electron chi connectivity index (χ3n) is 6.27. The van der Waals surface area contributed by atoms with E-state index < -0.39 is 11.3 Å². The van der Waals surface area contributed by atoms with Gasteiger partial charge in [-0.05, 0) is 41.2 Å². The summed E-state index contributed by atoms with van der Waals surface area (Å²) in [5, 5.41) is 0. The number of rotatable bonds is 6. The number of amides is 1. The lowest BCUT2D eigenvalue weighted by atomic mass is 9.81. The van der Waals surface area contributed by atoms with E-state index >= 15 is 0 Å². The van der Waals surface area contributed by atoms with E-state index in [0.717, 1.165) is 11.1 Å². The Kier molecular flexibility index (Phi) is 6.60. The number of hydrogen-bond donors (Lipinski definition) is 0. The molecule has 1 heterocycles. The molecule has 3 aromatic rings. The second kappa shape index (κ2) is 9.58. The van der Waals surface area contributed by atoms with Crippen molar-refractivity contribution >= 4 is 17.8 Å². The van der Waals surface area contributed by atoms with Crippen LogP contribution >= 0.6 is 0 Å². The zero-order chi connectivity index (χ0) is 23.4. The van der Waals surface area contributed by atoms with Gasteiger partial charge in [-0.1, -0.05) is 106 Å². The number of carbonyl (C=O) groups is 2. The van der Waals surface area contributed by atoms with Crippen molar-refractivity contribution in [3.8, 4) is 11.1 Å². The van der Waals surface area contributed by atoms with Gasteiger partial charge in [-0.3, -0.25) is 9.59 Å². The molecule has 1 saturated heterocycles. The quantitative estimate of drug-likeness (QED) is 0.419. The first kappa shape index (κ1) is 22.7.